The number of hydrogen-bond acceptors (Lipinski definition) is 7. The minimum absolute atomic E-state index is 0.0434. The van der Waals surface area contributed by atoms with Crippen molar-refractivity contribution in [1.29, 1.82) is 0 Å². The highest BCUT2D eigenvalue weighted by Gasteiger charge is 2.37. The zero-order chi connectivity index (χ0) is 29.5. The Morgan fingerprint density at radius 1 is 1.02 bits per heavy atom. The number of hydrogen-bond donors (Lipinski definition) is 4. The number of esters is 1. The van der Waals surface area contributed by atoms with Crippen molar-refractivity contribution in [3.8, 4) is 5.75 Å². The Kier molecular flexibility index (Phi) is 8.98. The van der Waals surface area contributed by atoms with Crippen molar-refractivity contribution in [3.63, 3.8) is 0 Å². The van der Waals surface area contributed by atoms with Crippen LogP contribution in [0, 0.1) is 0 Å². The summed E-state index contributed by atoms with van der Waals surface area (Å²) in [6.07, 6.45) is -0.0809. The summed E-state index contributed by atoms with van der Waals surface area (Å²) in [5.41, 5.74) is 2.00. The molecule has 0 saturated heterocycles. The molecule has 0 spiro atoms. The first-order chi connectivity index (χ1) is 19.6. The van der Waals surface area contributed by atoms with E-state index in [2.05, 4.69) is 16.0 Å². The van der Waals surface area contributed by atoms with E-state index in [1.54, 1.807) is 48.5 Å². The fourth-order valence-electron chi connectivity index (χ4n) is 4.59. The number of nitrogens with zero attached hydrogens (tertiary/aromatic N) is 1. The van der Waals surface area contributed by atoms with E-state index in [0.29, 0.717) is 16.8 Å². The highest BCUT2D eigenvalue weighted by atomic mass is 16.5. The van der Waals surface area contributed by atoms with Gasteiger partial charge in [-0.25, -0.2) is 0 Å². The number of nitrogens with one attached hydrogen (secondary N) is 3. The van der Waals surface area contributed by atoms with E-state index in [1.165, 1.54) is 43.2 Å². The minimum Gasteiger partial charge on any atom is -0.508 e. The zero-order valence-corrected chi connectivity index (χ0v) is 22.5. The van der Waals surface area contributed by atoms with Gasteiger partial charge in [-0.3, -0.25) is 24.0 Å². The molecule has 0 fully saturated rings. The summed E-state index contributed by atoms with van der Waals surface area (Å²) in [5.74, 6) is -2.54. The standard InChI is InChI=1S/C30H30N4O7/c1-18(35)31-21-10-13-24-23(15-21)30(40)34(26(29(39)33-24)14-19-8-11-22(36)12-9-19)17-27(37)32-25(16-28(38)41-2)20-6-4-3-5-7-20/h3-13,15,25-26,36H,14,16-17H2,1-2H3,(H,31,35)(H,32,37)(H,33,39). The predicted octanol–water partition coefficient (Wildman–Crippen LogP) is 2.78. The SMILES string of the molecule is COC(=O)CC(NC(=O)CN1C(=O)c2cc(NC(C)=O)ccc2NC(=O)C1Cc1ccc(O)cc1)c1ccccc1. The smallest absolute Gasteiger partial charge is 0.307 e. The molecule has 11 nitrogen and oxygen atoms in total. The van der Waals surface area contributed by atoms with Crippen molar-refractivity contribution >= 4 is 41.0 Å². The maximum Gasteiger partial charge on any atom is 0.307 e. The number of carbonyl (C=O) groups is 5. The normalized spacial score (nSPS) is 15.2. The van der Waals surface area contributed by atoms with Crippen LogP contribution in [0.25, 0.3) is 0 Å². The molecule has 0 saturated carbocycles. The van der Waals surface area contributed by atoms with Gasteiger partial charge >= 0.3 is 5.97 Å². The summed E-state index contributed by atoms with van der Waals surface area (Å²) in [6.45, 7) is 0.834. The maximum atomic E-state index is 13.9. The third-order valence-corrected chi connectivity index (χ3v) is 6.58. The quantitative estimate of drug-likeness (QED) is 0.295. The van der Waals surface area contributed by atoms with Gasteiger partial charge in [0.1, 0.15) is 18.3 Å². The van der Waals surface area contributed by atoms with Gasteiger partial charge in [0.2, 0.25) is 17.7 Å². The molecule has 3 aromatic rings. The number of anilines is 2. The molecule has 1 aliphatic rings. The highest BCUT2D eigenvalue weighted by Crippen LogP contribution is 2.28. The number of fused-ring (bicyclic) bond motifs is 1. The summed E-state index contributed by atoms with van der Waals surface area (Å²) >= 11 is 0. The van der Waals surface area contributed by atoms with E-state index < -0.39 is 42.3 Å². The first-order valence-electron chi connectivity index (χ1n) is 12.9. The monoisotopic (exact) mass is 558 g/mol. The number of rotatable bonds is 9. The van der Waals surface area contributed by atoms with Crippen LogP contribution in [0.5, 0.6) is 5.75 Å². The van der Waals surface area contributed by atoms with Crippen molar-refractivity contribution < 1.29 is 33.8 Å². The van der Waals surface area contributed by atoms with E-state index in [4.69, 9.17) is 4.74 Å². The predicted molar refractivity (Wildman–Crippen MR) is 150 cm³/mol. The fourth-order valence-corrected chi connectivity index (χ4v) is 4.59. The van der Waals surface area contributed by atoms with Crippen LogP contribution in [0.2, 0.25) is 0 Å². The first kappa shape index (κ1) is 28.8. The third kappa shape index (κ3) is 7.27. The second kappa shape index (κ2) is 12.8. The van der Waals surface area contributed by atoms with Crippen molar-refractivity contribution in [2.75, 3.05) is 24.3 Å². The van der Waals surface area contributed by atoms with E-state index in [0.717, 1.165) is 0 Å². The average molecular weight is 559 g/mol. The van der Waals surface area contributed by atoms with E-state index in [9.17, 15) is 29.1 Å². The van der Waals surface area contributed by atoms with Crippen molar-refractivity contribution in [2.24, 2.45) is 0 Å². The number of carbonyl (C=O) groups excluding carboxylic acids is 5. The molecule has 11 heteroatoms. The van der Waals surface area contributed by atoms with Gasteiger partial charge in [-0.2, -0.15) is 0 Å². The summed E-state index contributed by atoms with van der Waals surface area (Å²) < 4.78 is 4.80. The Morgan fingerprint density at radius 3 is 2.39 bits per heavy atom. The second-order valence-electron chi connectivity index (χ2n) is 9.56. The number of benzene rings is 3. The molecule has 0 bridgehead atoms. The van der Waals surface area contributed by atoms with E-state index in [1.807, 2.05) is 0 Å². The van der Waals surface area contributed by atoms with Gasteiger partial charge in [-0.15, -0.1) is 0 Å². The number of ether oxygens (including phenoxy) is 1. The maximum absolute atomic E-state index is 13.9. The number of phenols is 1. The average Bonchev–Trinajstić information content (AvgIpc) is 3.04. The van der Waals surface area contributed by atoms with Crippen LogP contribution in [0.3, 0.4) is 0 Å². The van der Waals surface area contributed by atoms with Crippen LogP contribution >= 0.6 is 0 Å². The Hall–Kier alpha value is -5.19. The van der Waals surface area contributed by atoms with Gasteiger partial charge in [0, 0.05) is 19.0 Å². The summed E-state index contributed by atoms with van der Waals surface area (Å²) in [7, 11) is 1.25. The van der Waals surface area contributed by atoms with Crippen molar-refractivity contribution in [2.45, 2.75) is 31.8 Å². The Bertz CT molecular complexity index is 1460. The Morgan fingerprint density at radius 2 is 1.73 bits per heavy atom. The topological polar surface area (TPSA) is 154 Å². The van der Waals surface area contributed by atoms with Gasteiger partial charge in [0.05, 0.1) is 30.8 Å². The minimum atomic E-state index is -1.09. The molecule has 2 atom stereocenters. The Labute approximate surface area is 236 Å². The summed E-state index contributed by atoms with van der Waals surface area (Å²) in [5, 5.41) is 17.9. The van der Waals surface area contributed by atoms with Gasteiger partial charge < -0.3 is 30.7 Å². The van der Waals surface area contributed by atoms with Crippen molar-refractivity contribution in [3.05, 3.63) is 89.5 Å². The third-order valence-electron chi connectivity index (χ3n) is 6.58. The lowest BCUT2D eigenvalue weighted by Crippen LogP contribution is -2.51. The van der Waals surface area contributed by atoms with Crippen LogP contribution < -0.4 is 16.0 Å². The lowest BCUT2D eigenvalue weighted by Gasteiger charge is -2.29. The number of aromatic hydroxyl groups is 1. The van der Waals surface area contributed by atoms with Crippen LogP contribution in [-0.2, 0) is 30.3 Å². The molecule has 3 aromatic carbocycles. The first-order valence-corrected chi connectivity index (χ1v) is 12.9. The zero-order valence-electron chi connectivity index (χ0n) is 22.5. The molecule has 0 radical (unpaired) electrons. The molecular weight excluding hydrogens is 528 g/mol. The molecular formula is C30H30N4O7. The highest BCUT2D eigenvalue weighted by molar-refractivity contribution is 6.11. The van der Waals surface area contributed by atoms with Gasteiger partial charge in [-0.05, 0) is 41.5 Å². The molecule has 1 aliphatic heterocycles. The van der Waals surface area contributed by atoms with Gasteiger partial charge in [0.15, 0.2) is 0 Å². The molecule has 4 N–H and O–H groups in total. The molecule has 1 heterocycles. The van der Waals surface area contributed by atoms with Crippen LogP contribution in [0.4, 0.5) is 11.4 Å². The number of phenolic OH excluding ortho intramolecular Hbond substituents is 1. The molecule has 0 aromatic heterocycles. The van der Waals surface area contributed by atoms with E-state index in [-0.39, 0.29) is 35.7 Å². The Balaban J connectivity index is 1.67. The fraction of sp³-hybridized carbons (Fsp3) is 0.233. The summed E-state index contributed by atoms with van der Waals surface area (Å²) in [6, 6.07) is 17.7. The largest absolute Gasteiger partial charge is 0.508 e. The van der Waals surface area contributed by atoms with Crippen LogP contribution in [0.1, 0.15) is 40.9 Å². The van der Waals surface area contributed by atoms with Crippen molar-refractivity contribution in [1.82, 2.24) is 10.2 Å². The van der Waals surface area contributed by atoms with Crippen LogP contribution in [-0.4, -0.2) is 59.3 Å². The lowest BCUT2D eigenvalue weighted by molar-refractivity contribution is -0.141. The number of amides is 4. The molecule has 4 rings (SSSR count). The van der Waals surface area contributed by atoms with Gasteiger partial charge in [-0.1, -0.05) is 42.5 Å². The van der Waals surface area contributed by atoms with Crippen LogP contribution in [0.15, 0.2) is 72.8 Å². The molecule has 212 valence electrons. The van der Waals surface area contributed by atoms with Gasteiger partial charge in [0.25, 0.3) is 5.91 Å². The summed E-state index contributed by atoms with van der Waals surface area (Å²) in [4.78, 5) is 65.7. The number of methoxy groups -OCH3 is 1. The molecule has 2 unspecified atom stereocenters. The van der Waals surface area contributed by atoms with E-state index >= 15 is 0 Å². The molecule has 0 aliphatic carbocycles. The lowest BCUT2D eigenvalue weighted by atomic mass is 10.0. The molecule has 41 heavy (non-hydrogen) atoms. The second-order valence-corrected chi connectivity index (χ2v) is 9.56. The molecule has 4 amide bonds.